The number of likely N-dealkylation sites (N-methyl/N-ethyl adjacent to an activating group) is 1. The van der Waals surface area contributed by atoms with Gasteiger partial charge in [0.2, 0.25) is 0 Å². The van der Waals surface area contributed by atoms with Crippen LogP contribution < -0.4 is 5.43 Å². The molecule has 0 aliphatic carbocycles. The number of hydrazine groups is 1. The Kier molecular flexibility index (Phi) is 6.07. The number of nitrogens with zero attached hydrogens (tertiary/aromatic N) is 2. The van der Waals surface area contributed by atoms with E-state index in [-0.39, 0.29) is 5.97 Å². The van der Waals surface area contributed by atoms with Gasteiger partial charge in [-0.05, 0) is 14.0 Å². The first kappa shape index (κ1) is 13.2. The van der Waals surface area contributed by atoms with Gasteiger partial charge in [0.05, 0.1) is 6.61 Å². The minimum atomic E-state index is -0.275. The molecule has 5 heteroatoms. The molecule has 0 aromatic heterocycles. The normalized spacial score (nSPS) is 19.1. The third kappa shape index (κ3) is 5.25. The maximum absolute atomic E-state index is 11.0. The maximum atomic E-state index is 11.0. The molecule has 1 fully saturated rings. The van der Waals surface area contributed by atoms with E-state index in [4.69, 9.17) is 4.74 Å². The molecule has 16 heavy (non-hydrogen) atoms. The Morgan fingerprint density at radius 2 is 2.06 bits per heavy atom. The third-order valence-electron chi connectivity index (χ3n) is 2.48. The summed E-state index contributed by atoms with van der Waals surface area (Å²) in [5.41, 5.74) is 3.25. The van der Waals surface area contributed by atoms with E-state index in [2.05, 4.69) is 22.4 Å². The number of hydrogen-bond acceptors (Lipinski definition) is 5. The zero-order valence-corrected chi connectivity index (χ0v) is 10.1. The first-order chi connectivity index (χ1) is 7.72. The van der Waals surface area contributed by atoms with Gasteiger partial charge in [-0.3, -0.25) is 5.43 Å². The van der Waals surface area contributed by atoms with E-state index in [9.17, 15) is 4.79 Å². The lowest BCUT2D eigenvalue weighted by molar-refractivity contribution is -0.137. The molecule has 0 spiro atoms. The monoisotopic (exact) mass is 227 g/mol. The Morgan fingerprint density at radius 3 is 2.69 bits per heavy atom. The first-order valence-corrected chi connectivity index (χ1v) is 5.72. The minimum Gasteiger partial charge on any atom is -0.463 e. The van der Waals surface area contributed by atoms with Gasteiger partial charge in [0.25, 0.3) is 0 Å². The number of ether oxygens (including phenoxy) is 1. The molecule has 0 radical (unpaired) electrons. The molecule has 1 aliphatic rings. The Morgan fingerprint density at radius 1 is 1.38 bits per heavy atom. The Labute approximate surface area is 97.0 Å². The molecule has 0 aromatic carbocycles. The standard InChI is InChI=1S/C11H21N3O2/c1-3-16-11(15)5-4-6-12-14-9-7-13(2)8-10-14/h4-5,12H,3,6-10H2,1-2H3/b5-4+. The molecule has 1 heterocycles. The number of carbonyl (C=O) groups is 1. The van der Waals surface area contributed by atoms with Gasteiger partial charge in [-0.25, -0.2) is 9.80 Å². The molecule has 5 nitrogen and oxygen atoms in total. The summed E-state index contributed by atoms with van der Waals surface area (Å²) in [4.78, 5) is 13.3. The van der Waals surface area contributed by atoms with Crippen LogP contribution >= 0.6 is 0 Å². The highest BCUT2D eigenvalue weighted by molar-refractivity contribution is 5.81. The summed E-state index contributed by atoms with van der Waals surface area (Å²) in [6, 6.07) is 0. The molecule has 0 atom stereocenters. The number of esters is 1. The fourth-order valence-electron chi connectivity index (χ4n) is 1.49. The summed E-state index contributed by atoms with van der Waals surface area (Å²) >= 11 is 0. The first-order valence-electron chi connectivity index (χ1n) is 5.72. The van der Waals surface area contributed by atoms with Crippen LogP contribution in [0.4, 0.5) is 0 Å². The van der Waals surface area contributed by atoms with Crippen LogP contribution in [0.2, 0.25) is 0 Å². The molecule has 1 saturated heterocycles. The van der Waals surface area contributed by atoms with Crippen LogP contribution in [-0.4, -0.2) is 62.3 Å². The average Bonchev–Trinajstić information content (AvgIpc) is 2.27. The summed E-state index contributed by atoms with van der Waals surface area (Å²) < 4.78 is 4.77. The highest BCUT2D eigenvalue weighted by Crippen LogP contribution is 1.94. The van der Waals surface area contributed by atoms with Crippen LogP contribution in [-0.2, 0) is 9.53 Å². The van der Waals surface area contributed by atoms with Crippen molar-refractivity contribution >= 4 is 5.97 Å². The third-order valence-corrected chi connectivity index (χ3v) is 2.48. The number of rotatable bonds is 5. The summed E-state index contributed by atoms with van der Waals surface area (Å²) in [7, 11) is 2.12. The Bertz CT molecular complexity index is 235. The van der Waals surface area contributed by atoms with Crippen molar-refractivity contribution in [3.05, 3.63) is 12.2 Å². The van der Waals surface area contributed by atoms with E-state index in [1.807, 2.05) is 0 Å². The van der Waals surface area contributed by atoms with Crippen molar-refractivity contribution in [1.82, 2.24) is 15.3 Å². The van der Waals surface area contributed by atoms with E-state index < -0.39 is 0 Å². The molecule has 92 valence electrons. The SMILES string of the molecule is CCOC(=O)/C=C/CNN1CCN(C)CC1. The second-order valence-corrected chi connectivity index (χ2v) is 3.81. The number of piperazine rings is 1. The summed E-state index contributed by atoms with van der Waals surface area (Å²) in [5, 5.41) is 2.18. The molecule has 0 unspecified atom stereocenters. The fraction of sp³-hybridized carbons (Fsp3) is 0.727. The van der Waals surface area contributed by atoms with Gasteiger partial charge in [-0.2, -0.15) is 0 Å². The van der Waals surface area contributed by atoms with Crippen LogP contribution in [0.1, 0.15) is 6.92 Å². The molecular formula is C11H21N3O2. The van der Waals surface area contributed by atoms with Crippen LogP contribution in [0.15, 0.2) is 12.2 Å². The van der Waals surface area contributed by atoms with Crippen LogP contribution in [0.3, 0.4) is 0 Å². The van der Waals surface area contributed by atoms with Crippen molar-refractivity contribution in [2.45, 2.75) is 6.92 Å². The van der Waals surface area contributed by atoms with Gasteiger partial charge >= 0.3 is 5.97 Å². The molecular weight excluding hydrogens is 206 g/mol. The molecule has 1 N–H and O–H groups in total. The molecule has 1 aliphatic heterocycles. The number of nitrogens with one attached hydrogen (secondary N) is 1. The smallest absolute Gasteiger partial charge is 0.330 e. The number of hydrogen-bond donors (Lipinski definition) is 1. The van der Waals surface area contributed by atoms with Crippen molar-refractivity contribution in [3.63, 3.8) is 0 Å². The number of carbonyl (C=O) groups excluding carboxylic acids is 1. The second-order valence-electron chi connectivity index (χ2n) is 3.81. The van der Waals surface area contributed by atoms with Crippen LogP contribution in [0.25, 0.3) is 0 Å². The fourth-order valence-corrected chi connectivity index (χ4v) is 1.49. The van der Waals surface area contributed by atoms with Crippen molar-refractivity contribution in [2.24, 2.45) is 0 Å². The zero-order valence-electron chi connectivity index (χ0n) is 10.1. The highest BCUT2D eigenvalue weighted by atomic mass is 16.5. The van der Waals surface area contributed by atoms with Crippen molar-refractivity contribution in [2.75, 3.05) is 46.4 Å². The second kappa shape index (κ2) is 7.38. The summed E-state index contributed by atoms with van der Waals surface area (Å²) in [6.07, 6.45) is 3.25. The topological polar surface area (TPSA) is 44.8 Å². The predicted molar refractivity (Wildman–Crippen MR) is 62.8 cm³/mol. The minimum absolute atomic E-state index is 0.275. The molecule has 0 bridgehead atoms. The van der Waals surface area contributed by atoms with E-state index in [0.29, 0.717) is 13.2 Å². The quantitative estimate of drug-likeness (QED) is 0.523. The molecule has 0 saturated carbocycles. The van der Waals surface area contributed by atoms with E-state index in [1.165, 1.54) is 6.08 Å². The lowest BCUT2D eigenvalue weighted by atomic mass is 10.4. The predicted octanol–water partition coefficient (Wildman–Crippen LogP) is -0.142. The molecule has 0 aromatic rings. The van der Waals surface area contributed by atoms with Gasteiger partial charge in [0.15, 0.2) is 0 Å². The largest absolute Gasteiger partial charge is 0.463 e. The van der Waals surface area contributed by atoms with Crippen LogP contribution in [0, 0.1) is 0 Å². The van der Waals surface area contributed by atoms with Gasteiger partial charge in [0.1, 0.15) is 0 Å². The summed E-state index contributed by atoms with van der Waals surface area (Å²) in [6.45, 7) is 7.09. The molecule has 1 rings (SSSR count). The zero-order chi connectivity index (χ0) is 11.8. The maximum Gasteiger partial charge on any atom is 0.330 e. The van der Waals surface area contributed by atoms with E-state index in [1.54, 1.807) is 13.0 Å². The Hall–Kier alpha value is -0.910. The van der Waals surface area contributed by atoms with Gasteiger partial charge in [-0.1, -0.05) is 6.08 Å². The van der Waals surface area contributed by atoms with Gasteiger partial charge in [0, 0.05) is 38.8 Å². The van der Waals surface area contributed by atoms with Crippen molar-refractivity contribution in [3.8, 4) is 0 Å². The lowest BCUT2D eigenvalue weighted by Gasteiger charge is -2.32. The van der Waals surface area contributed by atoms with Gasteiger partial charge < -0.3 is 9.64 Å². The van der Waals surface area contributed by atoms with Crippen molar-refractivity contribution in [1.29, 1.82) is 0 Å². The van der Waals surface area contributed by atoms with Crippen molar-refractivity contribution < 1.29 is 9.53 Å². The van der Waals surface area contributed by atoms with E-state index >= 15 is 0 Å². The summed E-state index contributed by atoms with van der Waals surface area (Å²) in [5.74, 6) is -0.275. The Balaban J connectivity index is 2.08. The lowest BCUT2D eigenvalue weighted by Crippen LogP contribution is -2.50. The van der Waals surface area contributed by atoms with Gasteiger partial charge in [-0.15, -0.1) is 0 Å². The highest BCUT2D eigenvalue weighted by Gasteiger charge is 2.11. The van der Waals surface area contributed by atoms with E-state index in [0.717, 1.165) is 26.2 Å². The average molecular weight is 227 g/mol. The van der Waals surface area contributed by atoms with Crippen LogP contribution in [0.5, 0.6) is 0 Å². The molecule has 0 amide bonds.